The number of carbonyl (C=O) groups is 1. The van der Waals surface area contributed by atoms with Gasteiger partial charge in [-0.2, -0.15) is 4.31 Å². The maximum Gasteiger partial charge on any atom is 0.322 e. The Labute approximate surface area is 118 Å². The standard InChI is InChI=1S/C10H12BrNO4S2/c1-6-5-7(11)10(17-6)18(15,16)12-4-2-3-8(12)9(13)14/h5,8H,2-4H2,1H3,(H,13,14). The van der Waals surface area contributed by atoms with Gasteiger partial charge in [-0.15, -0.1) is 11.3 Å². The van der Waals surface area contributed by atoms with E-state index in [4.69, 9.17) is 5.11 Å². The lowest BCUT2D eigenvalue weighted by molar-refractivity contribution is -0.140. The van der Waals surface area contributed by atoms with Crippen molar-refractivity contribution in [1.82, 2.24) is 4.31 Å². The van der Waals surface area contributed by atoms with Gasteiger partial charge >= 0.3 is 5.97 Å². The molecule has 0 amide bonds. The highest BCUT2D eigenvalue weighted by Crippen LogP contribution is 2.36. The number of hydrogen-bond donors (Lipinski definition) is 1. The van der Waals surface area contributed by atoms with Crippen LogP contribution in [0, 0.1) is 6.92 Å². The van der Waals surface area contributed by atoms with E-state index >= 15 is 0 Å². The van der Waals surface area contributed by atoms with Crippen LogP contribution in [0.15, 0.2) is 14.7 Å². The van der Waals surface area contributed by atoms with Gasteiger partial charge in [0, 0.05) is 15.9 Å². The molecule has 1 aromatic heterocycles. The molecule has 0 spiro atoms. The molecular weight excluding hydrogens is 342 g/mol. The van der Waals surface area contributed by atoms with Crippen molar-refractivity contribution in [2.75, 3.05) is 6.54 Å². The first kappa shape index (κ1) is 14.0. The number of rotatable bonds is 3. The van der Waals surface area contributed by atoms with Gasteiger partial charge in [-0.25, -0.2) is 8.42 Å². The molecule has 1 aliphatic heterocycles. The molecule has 1 aromatic rings. The minimum atomic E-state index is -3.72. The van der Waals surface area contributed by atoms with Crippen LogP contribution in [0.4, 0.5) is 0 Å². The predicted molar refractivity (Wildman–Crippen MR) is 71.3 cm³/mol. The lowest BCUT2D eigenvalue weighted by Gasteiger charge is -2.20. The largest absolute Gasteiger partial charge is 0.480 e. The van der Waals surface area contributed by atoms with Crippen LogP contribution < -0.4 is 0 Å². The molecule has 1 saturated heterocycles. The van der Waals surface area contributed by atoms with Crippen LogP contribution in [-0.4, -0.2) is 36.4 Å². The number of carboxylic acid groups (broad SMARTS) is 1. The molecular formula is C10H12BrNO4S2. The molecule has 0 aliphatic carbocycles. The summed E-state index contributed by atoms with van der Waals surface area (Å²) in [6.45, 7) is 2.08. The Morgan fingerprint density at radius 3 is 2.78 bits per heavy atom. The Morgan fingerprint density at radius 2 is 2.28 bits per heavy atom. The van der Waals surface area contributed by atoms with Crippen molar-refractivity contribution < 1.29 is 18.3 Å². The molecule has 18 heavy (non-hydrogen) atoms. The number of sulfonamides is 1. The SMILES string of the molecule is Cc1cc(Br)c(S(=O)(=O)N2CCCC2C(=O)O)s1. The molecule has 1 fully saturated rings. The number of hydrogen-bond acceptors (Lipinski definition) is 4. The van der Waals surface area contributed by atoms with Gasteiger partial charge in [0.05, 0.1) is 0 Å². The zero-order valence-corrected chi connectivity index (χ0v) is 12.8. The van der Waals surface area contributed by atoms with E-state index in [2.05, 4.69) is 15.9 Å². The van der Waals surface area contributed by atoms with Gasteiger partial charge in [0.15, 0.2) is 0 Å². The summed E-state index contributed by atoms with van der Waals surface area (Å²) in [6, 6.07) is 0.785. The summed E-state index contributed by atoms with van der Waals surface area (Å²) in [7, 11) is -3.72. The summed E-state index contributed by atoms with van der Waals surface area (Å²) in [5, 5.41) is 9.05. The molecule has 100 valence electrons. The molecule has 8 heteroatoms. The number of thiophene rings is 1. The Bertz CT molecular complexity index is 581. The first-order chi connectivity index (χ1) is 8.34. The van der Waals surface area contributed by atoms with Crippen molar-refractivity contribution >= 4 is 43.3 Å². The molecule has 1 atom stereocenters. The number of aliphatic carboxylic acids is 1. The van der Waals surface area contributed by atoms with E-state index < -0.39 is 22.0 Å². The second-order valence-corrected chi connectivity index (χ2v) is 8.30. The van der Waals surface area contributed by atoms with Crippen LogP contribution in [0.3, 0.4) is 0 Å². The van der Waals surface area contributed by atoms with Crippen molar-refractivity contribution in [1.29, 1.82) is 0 Å². The minimum Gasteiger partial charge on any atom is -0.480 e. The monoisotopic (exact) mass is 353 g/mol. The summed E-state index contributed by atoms with van der Waals surface area (Å²) in [6.07, 6.45) is 0.953. The summed E-state index contributed by atoms with van der Waals surface area (Å²) in [5.74, 6) is -1.08. The van der Waals surface area contributed by atoms with Gasteiger partial charge in [-0.05, 0) is 41.8 Å². The van der Waals surface area contributed by atoms with E-state index in [0.717, 1.165) is 20.5 Å². The summed E-state index contributed by atoms with van der Waals surface area (Å²) in [5.41, 5.74) is 0. The Hall–Kier alpha value is -0.440. The minimum absolute atomic E-state index is 0.188. The fourth-order valence-corrected chi connectivity index (χ4v) is 6.52. The number of aryl methyl sites for hydroxylation is 1. The Kier molecular flexibility index (Phi) is 3.82. The Morgan fingerprint density at radius 1 is 1.61 bits per heavy atom. The molecule has 0 aromatic carbocycles. The first-order valence-corrected chi connectivity index (χ1v) is 8.39. The quantitative estimate of drug-likeness (QED) is 0.902. The van der Waals surface area contributed by atoms with Crippen LogP contribution in [-0.2, 0) is 14.8 Å². The highest BCUT2D eigenvalue weighted by atomic mass is 79.9. The molecule has 1 N–H and O–H groups in total. The van der Waals surface area contributed by atoms with E-state index in [1.54, 1.807) is 6.07 Å². The number of halogens is 1. The van der Waals surface area contributed by atoms with Crippen molar-refractivity contribution in [2.45, 2.75) is 30.0 Å². The van der Waals surface area contributed by atoms with Crippen molar-refractivity contribution in [3.8, 4) is 0 Å². The molecule has 1 unspecified atom stereocenters. The fourth-order valence-electron chi connectivity index (χ4n) is 2.02. The average Bonchev–Trinajstić information content (AvgIpc) is 2.84. The predicted octanol–water partition coefficient (Wildman–Crippen LogP) is 2.06. The maximum atomic E-state index is 12.4. The van der Waals surface area contributed by atoms with Crippen molar-refractivity contribution in [2.24, 2.45) is 0 Å². The summed E-state index contributed by atoms with van der Waals surface area (Å²) in [4.78, 5) is 11.9. The van der Waals surface area contributed by atoms with Gasteiger partial charge in [0.25, 0.3) is 10.0 Å². The third-order valence-electron chi connectivity index (χ3n) is 2.81. The highest BCUT2D eigenvalue weighted by Gasteiger charge is 2.40. The van der Waals surface area contributed by atoms with E-state index in [9.17, 15) is 13.2 Å². The average molecular weight is 354 g/mol. The van der Waals surface area contributed by atoms with E-state index in [0.29, 0.717) is 17.3 Å². The fraction of sp³-hybridized carbons (Fsp3) is 0.500. The van der Waals surface area contributed by atoms with E-state index in [1.807, 2.05) is 6.92 Å². The third kappa shape index (κ3) is 2.34. The van der Waals surface area contributed by atoms with Crippen molar-refractivity contribution in [3.05, 3.63) is 15.4 Å². The van der Waals surface area contributed by atoms with Crippen LogP contribution >= 0.6 is 27.3 Å². The van der Waals surface area contributed by atoms with Gasteiger partial charge < -0.3 is 5.11 Å². The first-order valence-electron chi connectivity index (χ1n) is 5.34. The normalized spacial score (nSPS) is 21.3. The van der Waals surface area contributed by atoms with Gasteiger partial charge in [0.1, 0.15) is 10.3 Å². The second-order valence-electron chi connectivity index (χ2n) is 4.10. The topological polar surface area (TPSA) is 74.7 Å². The third-order valence-corrected chi connectivity index (χ3v) is 7.43. The van der Waals surface area contributed by atoms with Gasteiger partial charge in [-0.3, -0.25) is 4.79 Å². The molecule has 0 saturated carbocycles. The van der Waals surface area contributed by atoms with Crippen LogP contribution in [0.1, 0.15) is 17.7 Å². The smallest absolute Gasteiger partial charge is 0.322 e. The lowest BCUT2D eigenvalue weighted by Crippen LogP contribution is -2.40. The highest BCUT2D eigenvalue weighted by molar-refractivity contribution is 9.10. The van der Waals surface area contributed by atoms with Crippen LogP contribution in [0.25, 0.3) is 0 Å². The summed E-state index contributed by atoms with van der Waals surface area (Å²) < 4.78 is 26.6. The Balaban J connectivity index is 2.43. The molecule has 0 bridgehead atoms. The van der Waals surface area contributed by atoms with E-state index in [1.165, 1.54) is 0 Å². The van der Waals surface area contributed by atoms with Gasteiger partial charge in [-0.1, -0.05) is 0 Å². The summed E-state index contributed by atoms with van der Waals surface area (Å²) >= 11 is 4.37. The molecule has 2 heterocycles. The molecule has 2 rings (SSSR count). The van der Waals surface area contributed by atoms with Crippen LogP contribution in [0.5, 0.6) is 0 Å². The molecule has 1 aliphatic rings. The second kappa shape index (κ2) is 4.92. The number of nitrogens with zero attached hydrogens (tertiary/aromatic N) is 1. The molecule has 5 nitrogen and oxygen atoms in total. The number of carboxylic acids is 1. The molecule has 0 radical (unpaired) electrons. The lowest BCUT2D eigenvalue weighted by atomic mass is 10.2. The van der Waals surface area contributed by atoms with Gasteiger partial charge in [0.2, 0.25) is 0 Å². The zero-order chi connectivity index (χ0) is 13.5. The van der Waals surface area contributed by atoms with Crippen LogP contribution in [0.2, 0.25) is 0 Å². The van der Waals surface area contributed by atoms with Crippen molar-refractivity contribution in [3.63, 3.8) is 0 Å². The maximum absolute atomic E-state index is 12.4. The van der Waals surface area contributed by atoms with E-state index in [-0.39, 0.29) is 10.8 Å². The zero-order valence-electron chi connectivity index (χ0n) is 9.59.